The molecule has 1 aliphatic rings. The SMILES string of the molecule is CC(C)CN1CCC(CNc2ccc([N+](=O)[O-])c(S(C)(=O)=O)c2)C1. The molecule has 1 heterocycles. The van der Waals surface area contributed by atoms with Gasteiger partial charge in [-0.05, 0) is 36.9 Å². The van der Waals surface area contributed by atoms with Gasteiger partial charge in [0.2, 0.25) is 0 Å². The fourth-order valence-electron chi connectivity index (χ4n) is 3.10. The van der Waals surface area contributed by atoms with Crippen LogP contribution < -0.4 is 5.32 Å². The highest BCUT2D eigenvalue weighted by atomic mass is 32.2. The van der Waals surface area contributed by atoms with Crippen LogP contribution in [0.1, 0.15) is 20.3 Å². The molecule has 1 saturated heterocycles. The Balaban J connectivity index is 2.03. The van der Waals surface area contributed by atoms with Crippen molar-refractivity contribution >= 4 is 21.2 Å². The van der Waals surface area contributed by atoms with E-state index in [1.807, 2.05) is 0 Å². The molecular formula is C16H25N3O4S. The summed E-state index contributed by atoms with van der Waals surface area (Å²) in [6.45, 7) is 8.34. The first-order chi connectivity index (χ1) is 11.2. The Kier molecular flexibility index (Phi) is 5.82. The Morgan fingerprint density at radius 1 is 1.42 bits per heavy atom. The van der Waals surface area contributed by atoms with Crippen LogP contribution in [0.2, 0.25) is 0 Å². The van der Waals surface area contributed by atoms with Crippen molar-refractivity contribution in [2.45, 2.75) is 25.2 Å². The summed E-state index contributed by atoms with van der Waals surface area (Å²) in [5, 5.41) is 14.2. The fraction of sp³-hybridized carbons (Fsp3) is 0.625. The van der Waals surface area contributed by atoms with Crippen LogP contribution in [-0.4, -0.2) is 50.7 Å². The van der Waals surface area contributed by atoms with Crippen LogP contribution in [0.15, 0.2) is 23.1 Å². The Hall–Kier alpha value is -1.67. The third-order valence-corrected chi connectivity index (χ3v) is 5.27. The average molecular weight is 355 g/mol. The monoisotopic (exact) mass is 355 g/mol. The second-order valence-electron chi connectivity index (χ2n) is 6.90. The molecule has 0 amide bonds. The number of hydrogen-bond donors (Lipinski definition) is 1. The first kappa shape index (κ1) is 18.7. The maximum Gasteiger partial charge on any atom is 0.288 e. The lowest BCUT2D eigenvalue weighted by molar-refractivity contribution is -0.387. The minimum atomic E-state index is -3.65. The maximum absolute atomic E-state index is 11.8. The number of benzene rings is 1. The number of anilines is 1. The summed E-state index contributed by atoms with van der Waals surface area (Å²) in [6.07, 6.45) is 2.09. The van der Waals surface area contributed by atoms with E-state index in [2.05, 4.69) is 24.1 Å². The van der Waals surface area contributed by atoms with Crippen LogP contribution in [0.5, 0.6) is 0 Å². The van der Waals surface area contributed by atoms with Gasteiger partial charge in [0, 0.05) is 37.6 Å². The molecule has 7 nitrogen and oxygen atoms in total. The predicted molar refractivity (Wildman–Crippen MR) is 94.1 cm³/mol. The molecule has 134 valence electrons. The first-order valence-electron chi connectivity index (χ1n) is 8.11. The molecule has 1 fully saturated rings. The molecule has 0 bridgehead atoms. The number of rotatable bonds is 7. The van der Waals surface area contributed by atoms with Gasteiger partial charge >= 0.3 is 0 Å². The van der Waals surface area contributed by atoms with Crippen molar-refractivity contribution in [1.29, 1.82) is 0 Å². The van der Waals surface area contributed by atoms with E-state index in [0.717, 1.165) is 38.9 Å². The molecule has 2 rings (SSSR count). The predicted octanol–water partition coefficient (Wildman–Crippen LogP) is 2.39. The average Bonchev–Trinajstić information content (AvgIpc) is 2.90. The van der Waals surface area contributed by atoms with E-state index in [0.29, 0.717) is 17.5 Å². The molecule has 0 radical (unpaired) electrons. The van der Waals surface area contributed by atoms with Gasteiger partial charge in [-0.3, -0.25) is 10.1 Å². The lowest BCUT2D eigenvalue weighted by Crippen LogP contribution is -2.26. The normalized spacial score (nSPS) is 18.9. The van der Waals surface area contributed by atoms with Crippen molar-refractivity contribution in [1.82, 2.24) is 4.90 Å². The fourth-order valence-corrected chi connectivity index (χ4v) is 3.96. The molecule has 1 N–H and O–H groups in total. The van der Waals surface area contributed by atoms with Crippen molar-refractivity contribution in [2.75, 3.05) is 37.8 Å². The number of nitro benzene ring substituents is 1. The molecule has 1 aliphatic heterocycles. The van der Waals surface area contributed by atoms with Crippen molar-refractivity contribution < 1.29 is 13.3 Å². The molecule has 1 aromatic carbocycles. The summed E-state index contributed by atoms with van der Waals surface area (Å²) >= 11 is 0. The van der Waals surface area contributed by atoms with Crippen LogP contribution in [0.3, 0.4) is 0 Å². The quantitative estimate of drug-likeness (QED) is 0.596. The molecule has 0 spiro atoms. The number of likely N-dealkylation sites (tertiary alicyclic amines) is 1. The third kappa shape index (κ3) is 4.91. The molecule has 0 aliphatic carbocycles. The van der Waals surface area contributed by atoms with Crippen LogP contribution in [0.25, 0.3) is 0 Å². The van der Waals surface area contributed by atoms with Gasteiger partial charge in [-0.1, -0.05) is 13.8 Å². The Bertz CT molecular complexity index is 703. The number of nitro groups is 1. The number of sulfone groups is 1. The zero-order valence-corrected chi connectivity index (χ0v) is 15.2. The van der Waals surface area contributed by atoms with E-state index < -0.39 is 14.8 Å². The standard InChI is InChI=1S/C16H25N3O4S/c1-12(2)10-18-7-6-13(11-18)9-17-14-4-5-15(19(20)21)16(8-14)24(3,22)23/h4-5,8,12-13,17H,6-7,9-11H2,1-3H3. The van der Waals surface area contributed by atoms with Gasteiger partial charge < -0.3 is 10.2 Å². The summed E-state index contributed by atoms with van der Waals surface area (Å²) in [6, 6.07) is 4.17. The van der Waals surface area contributed by atoms with Crippen molar-refractivity contribution in [2.24, 2.45) is 11.8 Å². The van der Waals surface area contributed by atoms with Gasteiger partial charge in [-0.2, -0.15) is 0 Å². The lowest BCUT2D eigenvalue weighted by Gasteiger charge is -2.18. The van der Waals surface area contributed by atoms with E-state index >= 15 is 0 Å². The summed E-state index contributed by atoms with van der Waals surface area (Å²) in [5.41, 5.74) is 0.218. The van der Waals surface area contributed by atoms with E-state index in [-0.39, 0.29) is 10.6 Å². The summed E-state index contributed by atoms with van der Waals surface area (Å²) in [5.74, 6) is 1.14. The molecule has 1 atom stereocenters. The zero-order valence-electron chi connectivity index (χ0n) is 14.4. The second-order valence-corrected chi connectivity index (χ2v) is 8.88. The van der Waals surface area contributed by atoms with Gasteiger partial charge in [-0.25, -0.2) is 8.42 Å². The van der Waals surface area contributed by atoms with Gasteiger partial charge in [0.05, 0.1) is 4.92 Å². The summed E-state index contributed by atoms with van der Waals surface area (Å²) in [4.78, 5) is 12.5. The van der Waals surface area contributed by atoms with E-state index in [9.17, 15) is 18.5 Å². The Morgan fingerprint density at radius 3 is 2.71 bits per heavy atom. The summed E-state index contributed by atoms with van der Waals surface area (Å²) in [7, 11) is -3.65. The lowest BCUT2D eigenvalue weighted by atomic mass is 10.1. The highest BCUT2D eigenvalue weighted by Crippen LogP contribution is 2.27. The van der Waals surface area contributed by atoms with Crippen LogP contribution in [0, 0.1) is 22.0 Å². The summed E-state index contributed by atoms with van der Waals surface area (Å²) < 4.78 is 23.6. The van der Waals surface area contributed by atoms with Crippen LogP contribution in [0.4, 0.5) is 11.4 Å². The van der Waals surface area contributed by atoms with E-state index in [1.54, 1.807) is 6.07 Å². The highest BCUT2D eigenvalue weighted by Gasteiger charge is 2.24. The smallest absolute Gasteiger partial charge is 0.288 e. The Morgan fingerprint density at radius 2 is 2.12 bits per heavy atom. The molecule has 0 aromatic heterocycles. The molecular weight excluding hydrogens is 330 g/mol. The Labute approximate surface area is 143 Å². The minimum absolute atomic E-state index is 0.245. The van der Waals surface area contributed by atoms with Crippen LogP contribution >= 0.6 is 0 Å². The molecule has 1 unspecified atom stereocenters. The first-order valence-corrected chi connectivity index (χ1v) is 10.0. The molecule has 1 aromatic rings. The van der Waals surface area contributed by atoms with Crippen LogP contribution in [-0.2, 0) is 9.84 Å². The van der Waals surface area contributed by atoms with Gasteiger partial charge in [0.15, 0.2) is 9.84 Å². The number of nitrogens with one attached hydrogen (secondary N) is 1. The van der Waals surface area contributed by atoms with Crippen molar-refractivity contribution in [3.05, 3.63) is 28.3 Å². The highest BCUT2D eigenvalue weighted by molar-refractivity contribution is 7.90. The topological polar surface area (TPSA) is 92.5 Å². The van der Waals surface area contributed by atoms with Crippen molar-refractivity contribution in [3.8, 4) is 0 Å². The van der Waals surface area contributed by atoms with Gasteiger partial charge in [-0.15, -0.1) is 0 Å². The van der Waals surface area contributed by atoms with E-state index in [4.69, 9.17) is 0 Å². The van der Waals surface area contributed by atoms with Gasteiger partial charge in [0.25, 0.3) is 5.69 Å². The van der Waals surface area contributed by atoms with E-state index in [1.165, 1.54) is 12.1 Å². The molecule has 8 heteroatoms. The largest absolute Gasteiger partial charge is 0.385 e. The van der Waals surface area contributed by atoms with Crippen molar-refractivity contribution in [3.63, 3.8) is 0 Å². The molecule has 24 heavy (non-hydrogen) atoms. The minimum Gasteiger partial charge on any atom is -0.385 e. The number of nitrogens with zero attached hydrogens (tertiary/aromatic N) is 2. The number of hydrogen-bond acceptors (Lipinski definition) is 6. The maximum atomic E-state index is 11.8. The van der Waals surface area contributed by atoms with Gasteiger partial charge in [0.1, 0.15) is 4.90 Å². The third-order valence-electron chi connectivity index (χ3n) is 4.14. The molecule has 0 saturated carbocycles. The zero-order chi connectivity index (χ0) is 17.9. The second kappa shape index (κ2) is 7.48.